The van der Waals surface area contributed by atoms with Crippen LogP contribution in [0.5, 0.6) is 0 Å². The lowest BCUT2D eigenvalue weighted by Gasteiger charge is -2.30. The summed E-state index contributed by atoms with van der Waals surface area (Å²) >= 11 is 0. The molecular formula is C55H99N2O7P. The molecule has 0 rings (SSSR count). The molecule has 9 nitrogen and oxygen atoms in total. The monoisotopic (exact) mass is 931 g/mol. The summed E-state index contributed by atoms with van der Waals surface area (Å²) in [7, 11) is 1.14. The van der Waals surface area contributed by atoms with Crippen molar-refractivity contribution in [2.75, 3.05) is 40.9 Å². The number of unbranched alkanes of at least 4 members (excludes halogenated alkanes) is 22. The number of nitrogens with zero attached hydrogens (tertiary/aromatic N) is 1. The van der Waals surface area contributed by atoms with Crippen LogP contribution in [0, 0.1) is 0 Å². The molecule has 65 heavy (non-hydrogen) atoms. The third-order valence-corrected chi connectivity index (χ3v) is 12.2. The van der Waals surface area contributed by atoms with Gasteiger partial charge in [-0.3, -0.25) is 14.2 Å². The number of phosphoric ester groups is 1. The van der Waals surface area contributed by atoms with E-state index < -0.39 is 32.5 Å². The fraction of sp³-hybridized carbons (Fsp3) is 0.745. The molecule has 0 saturated carbocycles. The number of rotatable bonds is 46. The molecule has 0 aromatic rings. The number of quaternary nitrogens is 1. The minimum Gasteiger partial charge on any atom is -0.756 e. The molecule has 0 bridgehead atoms. The summed E-state index contributed by atoms with van der Waals surface area (Å²) in [5.41, 5.74) is 0. The van der Waals surface area contributed by atoms with Crippen LogP contribution in [0.4, 0.5) is 0 Å². The number of hydrogen-bond acceptors (Lipinski definition) is 7. The molecule has 0 aliphatic heterocycles. The standard InChI is InChI=1S/C55H99N2O7P/c1-7-10-13-16-19-22-25-27-28-30-32-35-38-41-44-47-54(58)56-52(51-63-65(60,61)62-50-49-57(4,5)6)53(46-43-40-37-34-31-24-21-18-15-12-9-3)64-55(59)48-45-42-39-36-33-29-26-23-20-17-14-11-8-2/h10,13,16,19,22,25,29,33,39,42-43,46,52-53H,7-9,11-12,14-15,17-18,20-21,23-24,26-28,30-32,34-38,40-41,44-45,47-51H2,1-6H3,(H-,56,58,60,61)/b13-10+,19-16+,25-22+,33-29-,42-39+,46-43+. The Morgan fingerprint density at radius 2 is 1.06 bits per heavy atom. The minimum atomic E-state index is -4.70. The molecule has 10 heteroatoms. The van der Waals surface area contributed by atoms with Crippen LogP contribution in [0.15, 0.2) is 72.9 Å². The number of allylic oxidation sites excluding steroid dienone is 11. The number of carbonyl (C=O) groups is 2. The first-order chi connectivity index (χ1) is 31.4. The van der Waals surface area contributed by atoms with Gasteiger partial charge in [0.1, 0.15) is 19.3 Å². The fourth-order valence-corrected chi connectivity index (χ4v) is 7.83. The molecule has 0 aromatic carbocycles. The van der Waals surface area contributed by atoms with E-state index in [1.54, 1.807) is 6.08 Å². The summed E-state index contributed by atoms with van der Waals surface area (Å²) in [5.74, 6) is -0.639. The molecular weight excluding hydrogens is 832 g/mol. The molecule has 0 saturated heterocycles. The van der Waals surface area contributed by atoms with Gasteiger partial charge in [-0.05, 0) is 70.3 Å². The maximum absolute atomic E-state index is 13.4. The second kappa shape index (κ2) is 45.2. The van der Waals surface area contributed by atoms with Gasteiger partial charge in [-0.15, -0.1) is 0 Å². The normalized spacial score (nSPS) is 14.5. The Balaban J connectivity index is 5.50. The van der Waals surface area contributed by atoms with Crippen molar-refractivity contribution >= 4 is 19.7 Å². The average molecular weight is 931 g/mol. The Kier molecular flexibility index (Phi) is 43.5. The molecule has 0 spiro atoms. The number of nitrogens with one attached hydrogen (secondary N) is 1. The van der Waals surface area contributed by atoms with Crippen molar-refractivity contribution in [2.24, 2.45) is 0 Å². The van der Waals surface area contributed by atoms with Gasteiger partial charge in [0.15, 0.2) is 0 Å². The highest BCUT2D eigenvalue weighted by atomic mass is 31.2. The molecule has 376 valence electrons. The van der Waals surface area contributed by atoms with Crippen LogP contribution in [0.2, 0.25) is 0 Å². The smallest absolute Gasteiger partial charge is 0.306 e. The first-order valence-corrected chi connectivity index (χ1v) is 27.7. The molecule has 3 unspecified atom stereocenters. The van der Waals surface area contributed by atoms with Crippen molar-refractivity contribution in [1.29, 1.82) is 0 Å². The van der Waals surface area contributed by atoms with E-state index in [2.05, 4.69) is 80.8 Å². The van der Waals surface area contributed by atoms with Gasteiger partial charge in [0.05, 0.1) is 33.8 Å². The molecule has 0 aromatic heterocycles. The van der Waals surface area contributed by atoms with Crippen molar-refractivity contribution in [3.05, 3.63) is 72.9 Å². The molecule has 1 N–H and O–H groups in total. The van der Waals surface area contributed by atoms with Gasteiger partial charge in [0.25, 0.3) is 7.82 Å². The zero-order valence-corrected chi connectivity index (χ0v) is 43.6. The summed E-state index contributed by atoms with van der Waals surface area (Å²) in [6, 6.07) is -0.917. The number of carbonyl (C=O) groups excluding carboxylic acids is 2. The van der Waals surface area contributed by atoms with Gasteiger partial charge >= 0.3 is 5.97 Å². The Morgan fingerprint density at radius 1 is 0.569 bits per heavy atom. The third kappa shape index (κ3) is 46.4. The van der Waals surface area contributed by atoms with E-state index in [1.807, 2.05) is 33.3 Å². The SMILES string of the molecule is CC/C=C/C=C/C=C/CCCCCCCCCC(=O)NC(COP(=O)([O-])OCC[N+](C)(C)C)C(/C=C/CCCCCCCCCCC)OC(=O)CC/C=C/C/C=C\CCCCCCCC. The van der Waals surface area contributed by atoms with Crippen molar-refractivity contribution in [3.63, 3.8) is 0 Å². The number of hydrogen-bond donors (Lipinski definition) is 1. The molecule has 3 atom stereocenters. The third-order valence-electron chi connectivity index (χ3n) is 11.2. The molecule has 0 radical (unpaired) electrons. The molecule has 0 aliphatic carbocycles. The highest BCUT2D eigenvalue weighted by Gasteiger charge is 2.27. The van der Waals surface area contributed by atoms with E-state index in [1.165, 1.54) is 103 Å². The summed E-state index contributed by atoms with van der Waals surface area (Å²) in [5, 5.41) is 2.98. The highest BCUT2D eigenvalue weighted by molar-refractivity contribution is 7.45. The lowest BCUT2D eigenvalue weighted by atomic mass is 10.1. The Hall–Kier alpha value is -2.55. The van der Waals surface area contributed by atoms with Crippen LogP contribution < -0.4 is 10.2 Å². The quantitative estimate of drug-likeness (QED) is 0.0161. The van der Waals surface area contributed by atoms with Crippen LogP contribution in [0.1, 0.15) is 213 Å². The van der Waals surface area contributed by atoms with Crippen LogP contribution >= 0.6 is 7.82 Å². The summed E-state index contributed by atoms with van der Waals surface area (Å²) < 4.78 is 30.0. The molecule has 0 heterocycles. The first kappa shape index (κ1) is 62.4. The van der Waals surface area contributed by atoms with Crippen LogP contribution in [0.25, 0.3) is 0 Å². The van der Waals surface area contributed by atoms with Crippen molar-refractivity contribution < 1.29 is 37.3 Å². The van der Waals surface area contributed by atoms with Gasteiger partial charge in [-0.2, -0.15) is 0 Å². The molecule has 1 amide bonds. The van der Waals surface area contributed by atoms with Crippen LogP contribution in [-0.4, -0.2) is 69.4 Å². The first-order valence-electron chi connectivity index (χ1n) is 26.3. The maximum atomic E-state index is 13.4. The van der Waals surface area contributed by atoms with E-state index in [0.717, 1.165) is 64.2 Å². The predicted octanol–water partition coefficient (Wildman–Crippen LogP) is 14.7. The Labute approximate surface area is 400 Å². The maximum Gasteiger partial charge on any atom is 0.306 e. The van der Waals surface area contributed by atoms with Gasteiger partial charge in [0.2, 0.25) is 5.91 Å². The van der Waals surface area contributed by atoms with Gasteiger partial charge in [-0.25, -0.2) is 0 Å². The largest absolute Gasteiger partial charge is 0.756 e. The second-order valence-electron chi connectivity index (χ2n) is 18.7. The average Bonchev–Trinajstić information content (AvgIpc) is 3.26. The molecule has 0 fully saturated rings. The van der Waals surface area contributed by atoms with E-state index in [0.29, 0.717) is 23.9 Å². The fourth-order valence-electron chi connectivity index (χ4n) is 7.10. The minimum absolute atomic E-state index is 0.0351. The molecule has 0 aliphatic rings. The lowest BCUT2D eigenvalue weighted by molar-refractivity contribution is -0.870. The number of ether oxygens (including phenoxy) is 1. The summed E-state index contributed by atoms with van der Waals surface area (Å²) in [6.45, 7) is 6.62. The van der Waals surface area contributed by atoms with Crippen molar-refractivity contribution in [1.82, 2.24) is 5.32 Å². The number of esters is 1. The van der Waals surface area contributed by atoms with Gasteiger partial charge in [0, 0.05) is 12.8 Å². The Bertz CT molecular complexity index is 1350. The number of likely N-dealkylation sites (N-methyl/N-ethyl adjacent to an activating group) is 1. The predicted molar refractivity (Wildman–Crippen MR) is 275 cm³/mol. The Morgan fingerprint density at radius 3 is 1.62 bits per heavy atom. The van der Waals surface area contributed by atoms with E-state index in [4.69, 9.17) is 13.8 Å². The summed E-state index contributed by atoms with van der Waals surface area (Å²) in [4.78, 5) is 39.6. The zero-order chi connectivity index (χ0) is 48.0. The topological polar surface area (TPSA) is 114 Å². The highest BCUT2D eigenvalue weighted by Crippen LogP contribution is 2.38. The van der Waals surface area contributed by atoms with Crippen LogP contribution in [0.3, 0.4) is 0 Å². The summed E-state index contributed by atoms with van der Waals surface area (Å²) in [6.07, 6.45) is 56.0. The number of amides is 1. The van der Waals surface area contributed by atoms with E-state index >= 15 is 0 Å². The van der Waals surface area contributed by atoms with Crippen molar-refractivity contribution in [2.45, 2.75) is 226 Å². The lowest BCUT2D eigenvalue weighted by Crippen LogP contribution is -2.47. The van der Waals surface area contributed by atoms with Gasteiger partial charge in [-0.1, -0.05) is 203 Å². The zero-order valence-electron chi connectivity index (χ0n) is 42.7. The van der Waals surface area contributed by atoms with Crippen LogP contribution in [-0.2, 0) is 27.9 Å². The van der Waals surface area contributed by atoms with E-state index in [-0.39, 0.29) is 25.4 Å². The number of phosphoric acid groups is 1. The van der Waals surface area contributed by atoms with Crippen molar-refractivity contribution in [3.8, 4) is 0 Å². The van der Waals surface area contributed by atoms with E-state index in [9.17, 15) is 19.0 Å². The van der Waals surface area contributed by atoms with Gasteiger partial charge < -0.3 is 28.5 Å². The second-order valence-corrected chi connectivity index (χ2v) is 20.1.